The summed E-state index contributed by atoms with van der Waals surface area (Å²) in [5, 5.41) is 6.33. The van der Waals surface area contributed by atoms with Crippen LogP contribution in [0.3, 0.4) is 0 Å². The number of piperidine rings is 1. The van der Waals surface area contributed by atoms with Crippen LogP contribution in [0.25, 0.3) is 6.08 Å². The summed E-state index contributed by atoms with van der Waals surface area (Å²) < 4.78 is 5.83. The van der Waals surface area contributed by atoms with Crippen molar-refractivity contribution >= 4 is 12.0 Å². The Labute approximate surface area is 161 Å². The Morgan fingerprint density at radius 1 is 1.19 bits per heavy atom. The lowest BCUT2D eigenvalue weighted by Gasteiger charge is -2.25. The average molecular weight is 364 g/mol. The van der Waals surface area contributed by atoms with E-state index in [1.807, 2.05) is 55.5 Å². The van der Waals surface area contributed by atoms with E-state index in [0.29, 0.717) is 19.1 Å². The van der Waals surface area contributed by atoms with Crippen LogP contribution >= 0.6 is 0 Å². The predicted octanol–water partition coefficient (Wildman–Crippen LogP) is 3.88. The molecule has 1 aliphatic heterocycles. The second-order valence-electron chi connectivity index (χ2n) is 6.79. The van der Waals surface area contributed by atoms with Gasteiger partial charge in [-0.3, -0.25) is 4.79 Å². The van der Waals surface area contributed by atoms with Crippen molar-refractivity contribution < 1.29 is 9.53 Å². The smallest absolute Gasteiger partial charge is 0.244 e. The van der Waals surface area contributed by atoms with Crippen molar-refractivity contribution in [2.45, 2.75) is 32.2 Å². The Kier molecular flexibility index (Phi) is 7.05. The van der Waals surface area contributed by atoms with Crippen LogP contribution in [0.15, 0.2) is 54.6 Å². The zero-order valence-corrected chi connectivity index (χ0v) is 15.9. The quantitative estimate of drug-likeness (QED) is 0.733. The summed E-state index contributed by atoms with van der Waals surface area (Å²) in [6.07, 6.45) is 5.71. The van der Waals surface area contributed by atoms with Crippen LogP contribution in [0.5, 0.6) is 5.75 Å². The molecule has 1 aliphatic rings. The molecule has 0 spiro atoms. The van der Waals surface area contributed by atoms with Crippen molar-refractivity contribution in [3.63, 3.8) is 0 Å². The van der Waals surface area contributed by atoms with Gasteiger partial charge >= 0.3 is 0 Å². The minimum absolute atomic E-state index is 0.0869. The number of benzene rings is 2. The minimum atomic E-state index is -0.0869. The van der Waals surface area contributed by atoms with Crippen molar-refractivity contribution in [3.05, 3.63) is 71.3 Å². The van der Waals surface area contributed by atoms with E-state index in [9.17, 15) is 4.79 Å². The van der Waals surface area contributed by atoms with Gasteiger partial charge < -0.3 is 15.4 Å². The number of carbonyl (C=O) groups is 1. The maximum Gasteiger partial charge on any atom is 0.244 e. The van der Waals surface area contributed by atoms with Gasteiger partial charge in [0.15, 0.2) is 0 Å². The molecule has 1 heterocycles. The van der Waals surface area contributed by atoms with E-state index in [-0.39, 0.29) is 5.91 Å². The molecule has 3 rings (SSSR count). The summed E-state index contributed by atoms with van der Waals surface area (Å²) in [5.74, 6) is 1.39. The molecular weight excluding hydrogens is 336 g/mol. The predicted molar refractivity (Wildman–Crippen MR) is 110 cm³/mol. The highest BCUT2D eigenvalue weighted by molar-refractivity contribution is 5.91. The number of rotatable bonds is 7. The van der Waals surface area contributed by atoms with Crippen molar-refractivity contribution in [2.24, 2.45) is 0 Å². The highest BCUT2D eigenvalue weighted by Gasteiger charge is 2.19. The van der Waals surface area contributed by atoms with Crippen LogP contribution in [0.2, 0.25) is 0 Å². The van der Waals surface area contributed by atoms with Gasteiger partial charge in [-0.25, -0.2) is 0 Å². The van der Waals surface area contributed by atoms with E-state index in [1.54, 1.807) is 6.08 Å². The topological polar surface area (TPSA) is 50.4 Å². The molecule has 142 valence electrons. The van der Waals surface area contributed by atoms with Crippen molar-refractivity contribution in [1.29, 1.82) is 0 Å². The monoisotopic (exact) mass is 364 g/mol. The third kappa shape index (κ3) is 5.69. The number of ether oxygens (including phenoxy) is 1. The molecule has 4 heteroatoms. The zero-order valence-electron chi connectivity index (χ0n) is 15.9. The van der Waals surface area contributed by atoms with Gasteiger partial charge in [-0.1, -0.05) is 36.4 Å². The Bertz CT molecular complexity index is 765. The molecule has 2 aromatic rings. The standard InChI is InChI=1S/C23H28N2O2/c1-2-27-22-10-8-18(16-21(22)20-12-14-24-15-13-20)9-11-23(26)25-17-19-6-4-3-5-7-19/h3-11,16,20,24H,2,12-15,17H2,1H3,(H,25,26)/b11-9+. The maximum absolute atomic E-state index is 12.1. The fraction of sp³-hybridized carbons (Fsp3) is 0.348. The van der Waals surface area contributed by atoms with Crippen LogP contribution in [-0.4, -0.2) is 25.6 Å². The first-order chi connectivity index (χ1) is 13.3. The van der Waals surface area contributed by atoms with Crippen molar-refractivity contribution in [3.8, 4) is 5.75 Å². The summed E-state index contributed by atoms with van der Waals surface area (Å²) >= 11 is 0. The number of hydrogen-bond donors (Lipinski definition) is 2. The van der Waals surface area contributed by atoms with Gasteiger partial charge in [0.1, 0.15) is 5.75 Å². The average Bonchev–Trinajstić information content (AvgIpc) is 2.73. The molecule has 27 heavy (non-hydrogen) atoms. The second kappa shape index (κ2) is 9.93. The van der Waals surface area contributed by atoms with Gasteiger partial charge in [0.05, 0.1) is 6.61 Å². The van der Waals surface area contributed by atoms with Crippen molar-refractivity contribution in [1.82, 2.24) is 10.6 Å². The molecule has 1 fully saturated rings. The van der Waals surface area contributed by atoms with Crippen molar-refractivity contribution in [2.75, 3.05) is 19.7 Å². The fourth-order valence-electron chi connectivity index (χ4n) is 3.43. The first-order valence-electron chi connectivity index (χ1n) is 9.73. The first kappa shape index (κ1) is 19.2. The largest absolute Gasteiger partial charge is 0.494 e. The third-order valence-electron chi connectivity index (χ3n) is 4.85. The molecular formula is C23H28N2O2. The summed E-state index contributed by atoms with van der Waals surface area (Å²) in [7, 11) is 0. The number of hydrogen-bond acceptors (Lipinski definition) is 3. The molecule has 0 aromatic heterocycles. The molecule has 0 radical (unpaired) electrons. The van der Waals surface area contributed by atoms with Gasteiger partial charge in [-0.05, 0) is 73.7 Å². The highest BCUT2D eigenvalue weighted by Crippen LogP contribution is 2.33. The van der Waals surface area contributed by atoms with E-state index in [2.05, 4.69) is 16.7 Å². The van der Waals surface area contributed by atoms with Gasteiger partial charge in [-0.15, -0.1) is 0 Å². The molecule has 0 atom stereocenters. The summed E-state index contributed by atoms with van der Waals surface area (Å²) in [6.45, 7) is 5.29. The summed E-state index contributed by atoms with van der Waals surface area (Å²) in [6, 6.07) is 16.1. The highest BCUT2D eigenvalue weighted by atomic mass is 16.5. The van der Waals surface area contributed by atoms with Crippen LogP contribution < -0.4 is 15.4 Å². The van der Waals surface area contributed by atoms with Gasteiger partial charge in [0, 0.05) is 12.6 Å². The molecule has 0 unspecified atom stereocenters. The van der Waals surface area contributed by atoms with Crippen LogP contribution in [0.4, 0.5) is 0 Å². The molecule has 4 nitrogen and oxygen atoms in total. The fourth-order valence-corrected chi connectivity index (χ4v) is 3.43. The molecule has 1 saturated heterocycles. The van der Waals surface area contributed by atoms with E-state index < -0.39 is 0 Å². The summed E-state index contributed by atoms with van der Waals surface area (Å²) in [4.78, 5) is 12.1. The molecule has 2 aromatic carbocycles. The minimum Gasteiger partial charge on any atom is -0.494 e. The first-order valence-corrected chi connectivity index (χ1v) is 9.73. The SMILES string of the molecule is CCOc1ccc(/C=C/C(=O)NCc2ccccc2)cc1C1CCNCC1. The van der Waals surface area contributed by atoms with Crippen LogP contribution in [-0.2, 0) is 11.3 Å². The zero-order chi connectivity index (χ0) is 18.9. The molecule has 0 bridgehead atoms. The number of carbonyl (C=O) groups excluding carboxylic acids is 1. The van der Waals surface area contributed by atoms with Gasteiger partial charge in [-0.2, -0.15) is 0 Å². The second-order valence-corrected chi connectivity index (χ2v) is 6.79. The normalized spacial score (nSPS) is 15.0. The molecule has 0 saturated carbocycles. The summed E-state index contributed by atoms with van der Waals surface area (Å²) in [5.41, 5.74) is 3.38. The van der Waals surface area contributed by atoms with E-state index >= 15 is 0 Å². The Hall–Kier alpha value is -2.59. The van der Waals surface area contributed by atoms with E-state index in [0.717, 1.165) is 42.8 Å². The third-order valence-corrected chi connectivity index (χ3v) is 4.85. The lowest BCUT2D eigenvalue weighted by Crippen LogP contribution is -2.26. The Morgan fingerprint density at radius 3 is 2.70 bits per heavy atom. The Balaban J connectivity index is 1.66. The van der Waals surface area contributed by atoms with E-state index in [4.69, 9.17) is 4.74 Å². The lowest BCUT2D eigenvalue weighted by molar-refractivity contribution is -0.116. The van der Waals surface area contributed by atoms with E-state index in [1.165, 1.54) is 5.56 Å². The molecule has 1 amide bonds. The molecule has 0 aliphatic carbocycles. The number of nitrogens with one attached hydrogen (secondary N) is 2. The van der Waals surface area contributed by atoms with Gasteiger partial charge in [0.25, 0.3) is 0 Å². The Morgan fingerprint density at radius 2 is 1.96 bits per heavy atom. The molecule has 2 N–H and O–H groups in total. The lowest BCUT2D eigenvalue weighted by atomic mass is 9.88. The van der Waals surface area contributed by atoms with Crippen LogP contribution in [0.1, 0.15) is 42.4 Å². The maximum atomic E-state index is 12.1. The number of amides is 1. The van der Waals surface area contributed by atoms with Crippen LogP contribution in [0, 0.1) is 0 Å². The van der Waals surface area contributed by atoms with Gasteiger partial charge in [0.2, 0.25) is 5.91 Å².